The van der Waals surface area contributed by atoms with Crippen LogP contribution >= 0.6 is 0 Å². The smallest absolute Gasteiger partial charge is 0.244 e. The lowest BCUT2D eigenvalue weighted by Crippen LogP contribution is -2.24. The van der Waals surface area contributed by atoms with Crippen molar-refractivity contribution in [2.75, 3.05) is 13.2 Å². The Balaban J connectivity index is 2.04. The van der Waals surface area contributed by atoms with Gasteiger partial charge in [-0.3, -0.25) is 4.79 Å². The Morgan fingerprint density at radius 3 is 2.76 bits per heavy atom. The summed E-state index contributed by atoms with van der Waals surface area (Å²) in [6.07, 6.45) is 7.80. The molecule has 1 aliphatic heterocycles. The first-order chi connectivity index (χ1) is 10.2. The van der Waals surface area contributed by atoms with E-state index in [-0.39, 0.29) is 11.9 Å². The van der Waals surface area contributed by atoms with Gasteiger partial charge >= 0.3 is 0 Å². The van der Waals surface area contributed by atoms with Crippen molar-refractivity contribution in [2.45, 2.75) is 26.3 Å². The number of rotatable bonds is 4. The van der Waals surface area contributed by atoms with Gasteiger partial charge in [-0.25, -0.2) is 0 Å². The van der Waals surface area contributed by atoms with E-state index in [2.05, 4.69) is 5.32 Å². The summed E-state index contributed by atoms with van der Waals surface area (Å²) in [5, 5.41) is 2.92. The van der Waals surface area contributed by atoms with E-state index in [0.29, 0.717) is 13.2 Å². The summed E-state index contributed by atoms with van der Waals surface area (Å²) in [4.78, 5) is 11.8. The summed E-state index contributed by atoms with van der Waals surface area (Å²) in [6, 6.07) is 5.69. The quantitative estimate of drug-likeness (QED) is 0.683. The summed E-state index contributed by atoms with van der Waals surface area (Å²) >= 11 is 0. The van der Waals surface area contributed by atoms with E-state index in [4.69, 9.17) is 9.47 Å². The van der Waals surface area contributed by atoms with Gasteiger partial charge < -0.3 is 14.8 Å². The Hall–Kier alpha value is -2.23. The lowest BCUT2D eigenvalue weighted by atomic mass is 10.1. The minimum absolute atomic E-state index is 0.0927. The van der Waals surface area contributed by atoms with Gasteiger partial charge in [0, 0.05) is 12.5 Å². The molecule has 1 aliphatic rings. The van der Waals surface area contributed by atoms with Gasteiger partial charge in [-0.05, 0) is 31.5 Å². The molecule has 1 N–H and O–H groups in total. The molecule has 0 fully saturated rings. The Bertz CT molecular complexity index is 549. The fourth-order valence-electron chi connectivity index (χ4n) is 2.05. The van der Waals surface area contributed by atoms with E-state index in [1.807, 2.05) is 44.2 Å². The maximum atomic E-state index is 11.8. The third kappa shape index (κ3) is 4.38. The molecule has 0 aliphatic carbocycles. The summed E-state index contributed by atoms with van der Waals surface area (Å²) in [5.74, 6) is 1.39. The molecule has 112 valence electrons. The first-order valence-electron chi connectivity index (χ1n) is 7.20. The Morgan fingerprint density at radius 1 is 1.24 bits per heavy atom. The van der Waals surface area contributed by atoms with Crippen molar-refractivity contribution in [1.82, 2.24) is 5.32 Å². The Kier molecular flexibility index (Phi) is 5.43. The van der Waals surface area contributed by atoms with Crippen molar-refractivity contribution in [2.24, 2.45) is 0 Å². The fourth-order valence-corrected chi connectivity index (χ4v) is 2.05. The molecule has 0 spiro atoms. The van der Waals surface area contributed by atoms with Gasteiger partial charge in [0.2, 0.25) is 5.91 Å². The monoisotopic (exact) mass is 287 g/mol. The van der Waals surface area contributed by atoms with Crippen molar-refractivity contribution >= 4 is 5.91 Å². The van der Waals surface area contributed by atoms with Crippen LogP contribution < -0.4 is 14.8 Å². The van der Waals surface area contributed by atoms with Crippen molar-refractivity contribution in [3.05, 3.63) is 48.1 Å². The van der Waals surface area contributed by atoms with E-state index in [0.717, 1.165) is 23.5 Å². The SMILES string of the molecule is C/C=C/C=C/C(=O)NC(C)c1ccc2c(c1)OCCCO2. The second-order valence-corrected chi connectivity index (χ2v) is 4.87. The highest BCUT2D eigenvalue weighted by Gasteiger charge is 2.14. The van der Waals surface area contributed by atoms with Crippen LogP contribution in [0.1, 0.15) is 31.9 Å². The predicted molar refractivity (Wildman–Crippen MR) is 82.6 cm³/mol. The van der Waals surface area contributed by atoms with Gasteiger partial charge in [-0.2, -0.15) is 0 Å². The van der Waals surface area contributed by atoms with Gasteiger partial charge in [-0.15, -0.1) is 0 Å². The molecule has 0 saturated heterocycles. The minimum atomic E-state index is -0.118. The van der Waals surface area contributed by atoms with Crippen molar-refractivity contribution in [3.8, 4) is 11.5 Å². The van der Waals surface area contributed by atoms with Crippen LogP contribution in [-0.2, 0) is 4.79 Å². The summed E-state index contributed by atoms with van der Waals surface area (Å²) < 4.78 is 11.3. The number of nitrogens with one attached hydrogen (secondary N) is 1. The highest BCUT2D eigenvalue weighted by Crippen LogP contribution is 2.32. The minimum Gasteiger partial charge on any atom is -0.490 e. The lowest BCUT2D eigenvalue weighted by molar-refractivity contribution is -0.117. The number of hydrogen-bond donors (Lipinski definition) is 1. The highest BCUT2D eigenvalue weighted by atomic mass is 16.5. The third-order valence-electron chi connectivity index (χ3n) is 3.18. The first kappa shape index (κ1) is 15.2. The van der Waals surface area contributed by atoms with E-state index in [1.165, 1.54) is 6.08 Å². The van der Waals surface area contributed by atoms with Crippen molar-refractivity contribution in [3.63, 3.8) is 0 Å². The molecule has 1 amide bonds. The van der Waals surface area contributed by atoms with Gasteiger partial charge in [0.05, 0.1) is 19.3 Å². The summed E-state index contributed by atoms with van der Waals surface area (Å²) in [5.41, 5.74) is 0.993. The summed E-state index contributed by atoms with van der Waals surface area (Å²) in [6.45, 7) is 5.18. The van der Waals surface area contributed by atoms with Crippen LogP contribution in [-0.4, -0.2) is 19.1 Å². The van der Waals surface area contributed by atoms with Gasteiger partial charge in [0.15, 0.2) is 11.5 Å². The summed E-state index contributed by atoms with van der Waals surface area (Å²) in [7, 11) is 0. The predicted octanol–water partition coefficient (Wildman–Crippen LogP) is 3.16. The van der Waals surface area contributed by atoms with Gasteiger partial charge in [0.25, 0.3) is 0 Å². The second kappa shape index (κ2) is 7.53. The molecule has 1 atom stereocenters. The molecule has 1 heterocycles. The zero-order chi connectivity index (χ0) is 15.1. The standard InChI is InChI=1S/C17H21NO3/c1-3-4-5-7-17(19)18-13(2)14-8-9-15-16(12-14)21-11-6-10-20-15/h3-5,7-9,12-13H,6,10-11H2,1-2H3,(H,18,19)/b4-3+,7-5+. The molecule has 0 bridgehead atoms. The third-order valence-corrected chi connectivity index (χ3v) is 3.18. The average molecular weight is 287 g/mol. The molecule has 1 aromatic rings. The lowest BCUT2D eigenvalue weighted by Gasteiger charge is -2.15. The van der Waals surface area contributed by atoms with Crippen LogP contribution in [0.2, 0.25) is 0 Å². The van der Waals surface area contributed by atoms with Crippen LogP contribution in [0.3, 0.4) is 0 Å². The highest BCUT2D eigenvalue weighted by molar-refractivity contribution is 5.88. The Labute approximate surface area is 125 Å². The fraction of sp³-hybridized carbons (Fsp3) is 0.353. The molecule has 1 aromatic carbocycles. The molecular formula is C17H21NO3. The molecule has 4 heteroatoms. The second-order valence-electron chi connectivity index (χ2n) is 4.87. The van der Waals surface area contributed by atoms with Gasteiger partial charge in [0.1, 0.15) is 0 Å². The maximum Gasteiger partial charge on any atom is 0.244 e. The van der Waals surface area contributed by atoms with Crippen LogP contribution in [0.25, 0.3) is 0 Å². The average Bonchev–Trinajstić information content (AvgIpc) is 2.71. The molecule has 21 heavy (non-hydrogen) atoms. The zero-order valence-electron chi connectivity index (χ0n) is 12.5. The van der Waals surface area contributed by atoms with E-state index in [9.17, 15) is 4.79 Å². The van der Waals surface area contributed by atoms with E-state index >= 15 is 0 Å². The molecule has 2 rings (SSSR count). The van der Waals surface area contributed by atoms with Crippen molar-refractivity contribution in [1.29, 1.82) is 0 Å². The van der Waals surface area contributed by atoms with Crippen LogP contribution in [0, 0.1) is 0 Å². The molecule has 0 saturated carbocycles. The topological polar surface area (TPSA) is 47.6 Å². The van der Waals surface area contributed by atoms with E-state index in [1.54, 1.807) is 6.08 Å². The normalized spacial score (nSPS) is 15.9. The number of carbonyl (C=O) groups is 1. The number of carbonyl (C=O) groups excluding carboxylic acids is 1. The number of hydrogen-bond acceptors (Lipinski definition) is 3. The number of benzene rings is 1. The molecule has 4 nitrogen and oxygen atoms in total. The molecule has 0 aromatic heterocycles. The first-order valence-corrected chi connectivity index (χ1v) is 7.20. The van der Waals surface area contributed by atoms with E-state index < -0.39 is 0 Å². The van der Waals surface area contributed by atoms with Crippen LogP contribution in [0.15, 0.2) is 42.5 Å². The number of fused-ring (bicyclic) bond motifs is 1. The van der Waals surface area contributed by atoms with Crippen LogP contribution in [0.4, 0.5) is 0 Å². The number of allylic oxidation sites excluding steroid dienone is 3. The Morgan fingerprint density at radius 2 is 2.00 bits per heavy atom. The van der Waals surface area contributed by atoms with Crippen molar-refractivity contribution < 1.29 is 14.3 Å². The molecular weight excluding hydrogens is 266 g/mol. The molecule has 1 unspecified atom stereocenters. The number of ether oxygens (including phenoxy) is 2. The van der Waals surface area contributed by atoms with Gasteiger partial charge in [-0.1, -0.05) is 24.3 Å². The zero-order valence-corrected chi connectivity index (χ0v) is 12.5. The molecule has 0 radical (unpaired) electrons. The van der Waals surface area contributed by atoms with Crippen LogP contribution in [0.5, 0.6) is 11.5 Å². The largest absolute Gasteiger partial charge is 0.490 e. The number of amides is 1. The maximum absolute atomic E-state index is 11.8.